The molecule has 48 heavy (non-hydrogen) atoms. The zero-order chi connectivity index (χ0) is 31.6. The van der Waals surface area contributed by atoms with Crippen molar-refractivity contribution in [2.45, 2.75) is 0 Å². The highest BCUT2D eigenvalue weighted by atomic mass is 14.3. The molecule has 10 rings (SSSR count). The normalized spacial score (nSPS) is 11.8. The smallest absolute Gasteiger partial charge is 0.000719 e. The molecule has 0 aromatic heterocycles. The first-order chi connectivity index (χ1) is 23.8. The third-order valence-electron chi connectivity index (χ3n) is 10.2. The molecule has 0 saturated carbocycles. The summed E-state index contributed by atoms with van der Waals surface area (Å²) in [6.07, 6.45) is 0. The maximum atomic E-state index is 2.48. The summed E-state index contributed by atoms with van der Waals surface area (Å²) in [4.78, 5) is 0. The fraction of sp³-hybridized carbons (Fsp3) is 0. The van der Waals surface area contributed by atoms with Crippen molar-refractivity contribution in [2.75, 3.05) is 0 Å². The van der Waals surface area contributed by atoms with Crippen molar-refractivity contribution >= 4 is 32.3 Å². The van der Waals surface area contributed by atoms with Crippen molar-refractivity contribution in [2.24, 2.45) is 0 Å². The van der Waals surface area contributed by atoms with Gasteiger partial charge < -0.3 is 0 Å². The second-order valence-electron chi connectivity index (χ2n) is 12.8. The quantitative estimate of drug-likeness (QED) is 0.175. The van der Waals surface area contributed by atoms with Crippen LogP contribution in [0.2, 0.25) is 0 Å². The third-order valence-corrected chi connectivity index (χ3v) is 10.2. The van der Waals surface area contributed by atoms with Crippen molar-refractivity contribution in [1.29, 1.82) is 0 Å². The minimum atomic E-state index is 1.22. The van der Waals surface area contributed by atoms with Crippen molar-refractivity contribution in [3.63, 3.8) is 0 Å². The van der Waals surface area contributed by atoms with Crippen LogP contribution in [0.3, 0.4) is 0 Å². The summed E-state index contributed by atoms with van der Waals surface area (Å²) in [6, 6.07) is 66.9. The molecule has 0 nitrogen and oxygen atoms in total. The van der Waals surface area contributed by atoms with Crippen LogP contribution >= 0.6 is 0 Å². The summed E-state index contributed by atoms with van der Waals surface area (Å²) in [6.45, 7) is 0. The molecule has 0 N–H and O–H groups in total. The summed E-state index contributed by atoms with van der Waals surface area (Å²) in [5, 5.41) is 7.78. The van der Waals surface area contributed by atoms with E-state index in [1.54, 1.807) is 0 Å². The Bertz CT molecular complexity index is 2670. The first-order valence-electron chi connectivity index (χ1n) is 16.7. The summed E-state index contributed by atoms with van der Waals surface area (Å²) in [5.41, 5.74) is 15.3. The Morgan fingerprint density at radius 1 is 0.229 bits per heavy atom. The van der Waals surface area contributed by atoms with Gasteiger partial charge in [-0.3, -0.25) is 0 Å². The van der Waals surface area contributed by atoms with Crippen molar-refractivity contribution in [1.82, 2.24) is 0 Å². The molecule has 0 saturated heterocycles. The molecule has 1 aliphatic rings. The molecule has 0 radical (unpaired) electrons. The van der Waals surface area contributed by atoms with Gasteiger partial charge in [0.25, 0.3) is 0 Å². The van der Waals surface area contributed by atoms with Gasteiger partial charge in [0.1, 0.15) is 0 Å². The van der Waals surface area contributed by atoms with E-state index in [0.717, 1.165) is 0 Å². The number of hydrogen-bond acceptors (Lipinski definition) is 0. The molecule has 0 spiro atoms. The Labute approximate surface area is 280 Å². The molecule has 0 heterocycles. The van der Waals surface area contributed by atoms with Crippen LogP contribution in [0, 0.1) is 0 Å². The standard InChI is InChI=1S/C48H30/c1-5-16-31(17-6-1)39-29-41-42(30-40(39)32-18-7-2-8-19-32)45(34-22-11-4-12-23-34)48-43-28-35-24-13-14-25-36(35)37-26-15-27-38(46(37)43)47(48)44(41)33-20-9-3-10-21-33/h1-30H. The van der Waals surface area contributed by atoms with Crippen molar-refractivity contribution in [3.8, 4) is 66.8 Å². The fourth-order valence-corrected chi connectivity index (χ4v) is 8.16. The van der Waals surface area contributed by atoms with Gasteiger partial charge in [-0.1, -0.05) is 164 Å². The molecule has 0 amide bonds. The van der Waals surface area contributed by atoms with Gasteiger partial charge in [-0.05, 0) is 117 Å². The van der Waals surface area contributed by atoms with Crippen LogP contribution in [0.1, 0.15) is 0 Å². The van der Waals surface area contributed by atoms with Gasteiger partial charge >= 0.3 is 0 Å². The lowest BCUT2D eigenvalue weighted by atomic mass is 9.80. The molecule has 222 valence electrons. The SMILES string of the molecule is c1ccc(-c2cc3c(-c4ccccc4)c4c(c(-c5ccccc5)c3cc2-c2ccccc2)-c2cc3ccccc3c3cccc-4c23)cc1. The zero-order valence-electron chi connectivity index (χ0n) is 26.3. The average molecular weight is 607 g/mol. The van der Waals surface area contributed by atoms with E-state index in [1.165, 1.54) is 99.1 Å². The van der Waals surface area contributed by atoms with E-state index in [2.05, 4.69) is 182 Å². The molecule has 0 aliphatic heterocycles. The van der Waals surface area contributed by atoms with Crippen molar-refractivity contribution < 1.29 is 0 Å². The van der Waals surface area contributed by atoms with E-state index in [0.29, 0.717) is 0 Å². The topological polar surface area (TPSA) is 0 Å². The Balaban J connectivity index is 1.47. The van der Waals surface area contributed by atoms with Gasteiger partial charge in [0, 0.05) is 0 Å². The summed E-state index contributed by atoms with van der Waals surface area (Å²) < 4.78 is 0. The molecule has 0 fully saturated rings. The first-order valence-corrected chi connectivity index (χ1v) is 16.7. The molecule has 0 heteroatoms. The molecular formula is C48H30. The molecule has 9 aromatic rings. The van der Waals surface area contributed by atoms with Crippen LogP contribution in [0.4, 0.5) is 0 Å². The van der Waals surface area contributed by atoms with Crippen LogP contribution in [0.15, 0.2) is 182 Å². The number of benzene rings is 9. The van der Waals surface area contributed by atoms with Gasteiger partial charge in [0.2, 0.25) is 0 Å². The molecule has 0 unspecified atom stereocenters. The van der Waals surface area contributed by atoms with Crippen molar-refractivity contribution in [3.05, 3.63) is 182 Å². The van der Waals surface area contributed by atoms with Gasteiger partial charge in [0.15, 0.2) is 0 Å². The summed E-state index contributed by atoms with van der Waals surface area (Å²) in [5.74, 6) is 0. The lowest BCUT2D eigenvalue weighted by Crippen LogP contribution is -1.96. The monoisotopic (exact) mass is 606 g/mol. The number of hydrogen-bond donors (Lipinski definition) is 0. The zero-order valence-corrected chi connectivity index (χ0v) is 26.3. The highest BCUT2D eigenvalue weighted by Crippen LogP contribution is 2.59. The molecule has 0 atom stereocenters. The molecular weight excluding hydrogens is 577 g/mol. The number of fused-ring (bicyclic) bond motifs is 6. The predicted molar refractivity (Wildman–Crippen MR) is 205 cm³/mol. The minimum Gasteiger partial charge on any atom is -0.0622 e. The summed E-state index contributed by atoms with van der Waals surface area (Å²) in [7, 11) is 0. The fourth-order valence-electron chi connectivity index (χ4n) is 8.16. The predicted octanol–water partition coefficient (Wildman–Crippen LogP) is 13.5. The Morgan fingerprint density at radius 3 is 1.21 bits per heavy atom. The first kappa shape index (κ1) is 26.9. The van der Waals surface area contributed by atoms with Crippen LogP contribution < -0.4 is 0 Å². The molecule has 0 bridgehead atoms. The van der Waals surface area contributed by atoms with E-state index < -0.39 is 0 Å². The van der Waals surface area contributed by atoms with Gasteiger partial charge in [0.05, 0.1) is 0 Å². The van der Waals surface area contributed by atoms with E-state index in [-0.39, 0.29) is 0 Å². The van der Waals surface area contributed by atoms with E-state index >= 15 is 0 Å². The second-order valence-corrected chi connectivity index (χ2v) is 12.8. The summed E-state index contributed by atoms with van der Waals surface area (Å²) >= 11 is 0. The largest absolute Gasteiger partial charge is 0.0622 e. The average Bonchev–Trinajstić information content (AvgIpc) is 3.49. The highest BCUT2D eigenvalue weighted by Gasteiger charge is 2.31. The van der Waals surface area contributed by atoms with Crippen LogP contribution in [0.5, 0.6) is 0 Å². The Morgan fingerprint density at radius 2 is 0.667 bits per heavy atom. The van der Waals surface area contributed by atoms with E-state index in [9.17, 15) is 0 Å². The van der Waals surface area contributed by atoms with Gasteiger partial charge in [-0.25, -0.2) is 0 Å². The van der Waals surface area contributed by atoms with E-state index in [4.69, 9.17) is 0 Å². The minimum absolute atomic E-state index is 1.22. The maximum Gasteiger partial charge on any atom is -0.000719 e. The lowest BCUT2D eigenvalue weighted by Gasteiger charge is -2.23. The second kappa shape index (κ2) is 10.7. The Hall–Kier alpha value is -6.24. The highest BCUT2D eigenvalue weighted by molar-refractivity contribution is 6.31. The maximum absolute atomic E-state index is 2.48. The lowest BCUT2D eigenvalue weighted by molar-refractivity contribution is 1.59. The van der Waals surface area contributed by atoms with Gasteiger partial charge in [-0.15, -0.1) is 0 Å². The Kier molecular flexibility index (Phi) is 5.98. The molecule has 9 aromatic carbocycles. The van der Waals surface area contributed by atoms with E-state index in [1.807, 2.05) is 0 Å². The van der Waals surface area contributed by atoms with Gasteiger partial charge in [-0.2, -0.15) is 0 Å². The van der Waals surface area contributed by atoms with Crippen LogP contribution in [-0.4, -0.2) is 0 Å². The number of rotatable bonds is 4. The van der Waals surface area contributed by atoms with Crippen LogP contribution in [0.25, 0.3) is 99.1 Å². The molecule has 1 aliphatic carbocycles. The third kappa shape index (κ3) is 3.96. The van der Waals surface area contributed by atoms with Crippen LogP contribution in [-0.2, 0) is 0 Å².